The SMILES string of the molecule is CN(C(=O)c1c[nH]nc1C(F)(F)F)c1ccccc1-c1cc(F)c(F)c(F)c1. The highest BCUT2D eigenvalue weighted by Crippen LogP contribution is 2.35. The standard InChI is InChI=1S/C18H11F6N3O/c1-27(17(28)11-8-25-26-16(11)18(22,23)24)14-5-3-2-4-10(14)9-6-12(19)15(21)13(20)7-9/h2-8H,1H3,(H,25,26). The van der Waals surface area contributed by atoms with E-state index < -0.39 is 40.8 Å². The van der Waals surface area contributed by atoms with Gasteiger partial charge in [0.25, 0.3) is 5.91 Å². The van der Waals surface area contributed by atoms with Crippen LogP contribution in [-0.2, 0) is 6.18 Å². The highest BCUT2D eigenvalue weighted by atomic mass is 19.4. The third-order valence-corrected chi connectivity index (χ3v) is 4.00. The highest BCUT2D eigenvalue weighted by Gasteiger charge is 2.39. The maximum Gasteiger partial charge on any atom is 0.435 e. The lowest BCUT2D eigenvalue weighted by molar-refractivity contribution is -0.141. The second kappa shape index (κ2) is 7.02. The van der Waals surface area contributed by atoms with E-state index in [0.29, 0.717) is 0 Å². The molecule has 28 heavy (non-hydrogen) atoms. The van der Waals surface area contributed by atoms with Crippen molar-refractivity contribution in [3.8, 4) is 11.1 Å². The molecule has 4 nitrogen and oxygen atoms in total. The molecule has 0 bridgehead atoms. The largest absolute Gasteiger partial charge is 0.435 e. The lowest BCUT2D eigenvalue weighted by atomic mass is 10.0. The molecule has 1 amide bonds. The molecular formula is C18H11F6N3O. The summed E-state index contributed by atoms with van der Waals surface area (Å²) in [7, 11) is 1.20. The Hall–Kier alpha value is -3.30. The molecule has 0 atom stereocenters. The van der Waals surface area contributed by atoms with Crippen LogP contribution in [0.15, 0.2) is 42.6 Å². The summed E-state index contributed by atoms with van der Waals surface area (Å²) in [4.78, 5) is 13.5. The number of H-pyrrole nitrogens is 1. The first-order chi connectivity index (χ1) is 13.1. The topological polar surface area (TPSA) is 49.0 Å². The smallest absolute Gasteiger partial charge is 0.311 e. The molecule has 0 aliphatic heterocycles. The van der Waals surface area contributed by atoms with Crippen LogP contribution in [0.2, 0.25) is 0 Å². The number of aromatic amines is 1. The molecule has 3 rings (SSSR count). The van der Waals surface area contributed by atoms with E-state index in [0.717, 1.165) is 23.2 Å². The number of nitrogens with one attached hydrogen (secondary N) is 1. The predicted molar refractivity (Wildman–Crippen MR) is 88.1 cm³/mol. The summed E-state index contributed by atoms with van der Waals surface area (Å²) in [5.74, 6) is -5.57. The molecule has 1 heterocycles. The van der Waals surface area contributed by atoms with Gasteiger partial charge in [-0.15, -0.1) is 0 Å². The van der Waals surface area contributed by atoms with Crippen molar-refractivity contribution in [3.05, 3.63) is 71.3 Å². The van der Waals surface area contributed by atoms with Gasteiger partial charge in [0.1, 0.15) is 0 Å². The maximum atomic E-state index is 13.6. The number of hydrogen-bond donors (Lipinski definition) is 1. The van der Waals surface area contributed by atoms with E-state index in [1.807, 2.05) is 5.10 Å². The number of carbonyl (C=O) groups excluding carboxylic acids is 1. The van der Waals surface area contributed by atoms with Crippen LogP contribution in [0.3, 0.4) is 0 Å². The molecule has 0 radical (unpaired) electrons. The van der Waals surface area contributed by atoms with Gasteiger partial charge in [0, 0.05) is 18.8 Å². The molecule has 3 aromatic rings. The van der Waals surface area contributed by atoms with Crippen LogP contribution in [-0.4, -0.2) is 23.2 Å². The minimum atomic E-state index is -4.85. The lowest BCUT2D eigenvalue weighted by Gasteiger charge is -2.21. The van der Waals surface area contributed by atoms with E-state index >= 15 is 0 Å². The molecule has 0 saturated heterocycles. The van der Waals surface area contributed by atoms with Crippen molar-refractivity contribution in [1.29, 1.82) is 0 Å². The zero-order chi connectivity index (χ0) is 20.6. The summed E-state index contributed by atoms with van der Waals surface area (Å²) in [5.41, 5.74) is -2.02. The Balaban J connectivity index is 2.06. The summed E-state index contributed by atoms with van der Waals surface area (Å²) in [6, 6.07) is 7.21. The number of para-hydroxylation sites is 1. The summed E-state index contributed by atoms with van der Waals surface area (Å²) >= 11 is 0. The third-order valence-electron chi connectivity index (χ3n) is 4.00. The van der Waals surface area contributed by atoms with Gasteiger partial charge in [-0.05, 0) is 23.8 Å². The molecule has 0 aliphatic carbocycles. The number of carbonyl (C=O) groups is 1. The maximum absolute atomic E-state index is 13.6. The van der Waals surface area contributed by atoms with Crippen molar-refractivity contribution in [2.75, 3.05) is 11.9 Å². The fraction of sp³-hybridized carbons (Fsp3) is 0.111. The van der Waals surface area contributed by atoms with Gasteiger partial charge in [0.05, 0.1) is 11.3 Å². The second-order valence-electron chi connectivity index (χ2n) is 5.78. The molecule has 0 saturated carbocycles. The molecule has 0 fully saturated rings. The Labute approximate surface area is 154 Å². The summed E-state index contributed by atoms with van der Waals surface area (Å²) < 4.78 is 79.4. The molecule has 146 valence electrons. The Morgan fingerprint density at radius 1 is 1.07 bits per heavy atom. The number of aromatic nitrogens is 2. The van der Waals surface area contributed by atoms with Crippen molar-refractivity contribution in [2.24, 2.45) is 0 Å². The van der Waals surface area contributed by atoms with Crippen molar-refractivity contribution in [2.45, 2.75) is 6.18 Å². The van der Waals surface area contributed by atoms with Crippen LogP contribution in [0.25, 0.3) is 11.1 Å². The first-order valence-corrected chi connectivity index (χ1v) is 7.74. The van der Waals surface area contributed by atoms with E-state index in [-0.39, 0.29) is 16.8 Å². The quantitative estimate of drug-likeness (QED) is 0.509. The number of halogens is 6. The van der Waals surface area contributed by atoms with Gasteiger partial charge >= 0.3 is 6.18 Å². The monoisotopic (exact) mass is 399 g/mol. The minimum absolute atomic E-state index is 0.0623. The fourth-order valence-corrected chi connectivity index (χ4v) is 2.68. The van der Waals surface area contributed by atoms with Crippen LogP contribution < -0.4 is 4.90 Å². The van der Waals surface area contributed by atoms with Gasteiger partial charge in [-0.25, -0.2) is 13.2 Å². The Bertz CT molecular complexity index is 1020. The normalized spacial score (nSPS) is 11.5. The zero-order valence-electron chi connectivity index (χ0n) is 14.1. The minimum Gasteiger partial charge on any atom is -0.311 e. The van der Waals surface area contributed by atoms with Gasteiger partial charge < -0.3 is 4.90 Å². The number of benzene rings is 2. The van der Waals surface area contributed by atoms with Gasteiger partial charge in [-0.1, -0.05) is 18.2 Å². The summed E-state index contributed by atoms with van der Waals surface area (Å²) in [5, 5.41) is 5.06. The van der Waals surface area contributed by atoms with Crippen LogP contribution in [0.5, 0.6) is 0 Å². The van der Waals surface area contributed by atoms with E-state index in [9.17, 15) is 31.1 Å². The molecule has 0 unspecified atom stereocenters. The van der Waals surface area contributed by atoms with Crippen molar-refractivity contribution >= 4 is 11.6 Å². The van der Waals surface area contributed by atoms with Crippen LogP contribution in [0.4, 0.5) is 32.0 Å². The number of amides is 1. The van der Waals surface area contributed by atoms with Crippen molar-refractivity contribution < 1.29 is 31.1 Å². The Morgan fingerprint density at radius 3 is 2.29 bits per heavy atom. The molecule has 2 aromatic carbocycles. The first-order valence-electron chi connectivity index (χ1n) is 7.74. The van der Waals surface area contributed by atoms with Crippen LogP contribution in [0, 0.1) is 17.5 Å². The zero-order valence-corrected chi connectivity index (χ0v) is 14.1. The molecule has 0 spiro atoms. The van der Waals surface area contributed by atoms with E-state index in [2.05, 4.69) is 5.10 Å². The number of nitrogens with zero attached hydrogens (tertiary/aromatic N) is 2. The van der Waals surface area contributed by atoms with Gasteiger partial charge in [-0.3, -0.25) is 9.89 Å². The van der Waals surface area contributed by atoms with Gasteiger partial charge in [0.2, 0.25) is 0 Å². The Kier molecular flexibility index (Phi) is 4.88. The average molecular weight is 399 g/mol. The average Bonchev–Trinajstić information content (AvgIpc) is 3.15. The first kappa shape index (κ1) is 19.5. The third kappa shape index (κ3) is 3.45. The predicted octanol–water partition coefficient (Wildman–Crippen LogP) is 4.79. The number of rotatable bonds is 3. The highest BCUT2D eigenvalue weighted by molar-refractivity contribution is 6.08. The van der Waals surface area contributed by atoms with Crippen molar-refractivity contribution in [3.63, 3.8) is 0 Å². The molecule has 1 aromatic heterocycles. The van der Waals surface area contributed by atoms with E-state index in [4.69, 9.17) is 0 Å². The van der Waals surface area contributed by atoms with Crippen LogP contribution in [0.1, 0.15) is 16.1 Å². The lowest BCUT2D eigenvalue weighted by Crippen LogP contribution is -2.28. The number of alkyl halides is 3. The second-order valence-corrected chi connectivity index (χ2v) is 5.78. The van der Waals surface area contributed by atoms with Gasteiger partial charge in [0.15, 0.2) is 23.1 Å². The van der Waals surface area contributed by atoms with Crippen molar-refractivity contribution in [1.82, 2.24) is 10.2 Å². The molecular weight excluding hydrogens is 388 g/mol. The molecule has 1 N–H and O–H groups in total. The summed E-state index contributed by atoms with van der Waals surface area (Å²) in [6.07, 6.45) is -4.05. The Morgan fingerprint density at radius 2 is 1.68 bits per heavy atom. The van der Waals surface area contributed by atoms with Gasteiger partial charge in [-0.2, -0.15) is 18.3 Å². The number of anilines is 1. The van der Waals surface area contributed by atoms with E-state index in [1.54, 1.807) is 0 Å². The molecule has 10 heteroatoms. The summed E-state index contributed by atoms with van der Waals surface area (Å²) in [6.45, 7) is 0. The van der Waals surface area contributed by atoms with Crippen LogP contribution >= 0.6 is 0 Å². The fourth-order valence-electron chi connectivity index (χ4n) is 2.68. The number of hydrogen-bond acceptors (Lipinski definition) is 2. The van der Waals surface area contributed by atoms with E-state index in [1.165, 1.54) is 31.3 Å². The molecule has 0 aliphatic rings.